The maximum absolute atomic E-state index is 12.4. The van der Waals surface area contributed by atoms with E-state index in [4.69, 9.17) is 4.42 Å². The monoisotopic (exact) mass is 325 g/mol. The second kappa shape index (κ2) is 7.15. The molecule has 7 heteroatoms. The Morgan fingerprint density at radius 1 is 1.26 bits per heavy atom. The van der Waals surface area contributed by atoms with Gasteiger partial charge in [0.2, 0.25) is 5.91 Å². The molecule has 0 spiro atoms. The Labute approximate surface area is 130 Å². The van der Waals surface area contributed by atoms with Crippen LogP contribution in [0.25, 0.3) is 6.08 Å². The molecule has 1 unspecified atom stereocenters. The number of amides is 1. The molecule has 0 aliphatic heterocycles. The van der Waals surface area contributed by atoms with Gasteiger partial charge in [0.15, 0.2) is 0 Å². The van der Waals surface area contributed by atoms with Gasteiger partial charge in [-0.25, -0.2) is 0 Å². The van der Waals surface area contributed by atoms with Crippen molar-refractivity contribution in [1.82, 2.24) is 5.32 Å². The fourth-order valence-electron chi connectivity index (χ4n) is 1.81. The maximum atomic E-state index is 12.4. The molecular weight excluding hydrogens is 311 g/mol. The average Bonchev–Trinajstić information content (AvgIpc) is 3.03. The first-order chi connectivity index (χ1) is 10.9. The van der Waals surface area contributed by atoms with E-state index in [1.807, 2.05) is 0 Å². The lowest BCUT2D eigenvalue weighted by Gasteiger charge is -2.13. The minimum Gasteiger partial charge on any atom is -0.465 e. The molecule has 0 fully saturated rings. The summed E-state index contributed by atoms with van der Waals surface area (Å²) in [6.45, 7) is -0.118. The number of carbonyl (C=O) groups is 1. The van der Waals surface area contributed by atoms with E-state index in [1.165, 1.54) is 30.5 Å². The van der Waals surface area contributed by atoms with E-state index >= 15 is 0 Å². The molecular formula is C16H14F3NO3. The molecule has 1 aromatic carbocycles. The van der Waals surface area contributed by atoms with Crippen LogP contribution in [0.2, 0.25) is 0 Å². The van der Waals surface area contributed by atoms with Crippen molar-refractivity contribution >= 4 is 12.0 Å². The molecule has 0 bridgehead atoms. The molecule has 0 radical (unpaired) electrons. The molecule has 2 rings (SSSR count). The van der Waals surface area contributed by atoms with Crippen LogP contribution in [0.15, 0.2) is 53.2 Å². The Bertz CT molecular complexity index is 661. The topological polar surface area (TPSA) is 62.5 Å². The first kappa shape index (κ1) is 16.8. The molecule has 1 amide bonds. The van der Waals surface area contributed by atoms with Gasteiger partial charge < -0.3 is 14.8 Å². The number of benzene rings is 1. The molecule has 1 atom stereocenters. The fourth-order valence-corrected chi connectivity index (χ4v) is 1.81. The molecule has 2 aromatic rings. The van der Waals surface area contributed by atoms with Crippen molar-refractivity contribution in [3.05, 3.63) is 65.6 Å². The molecule has 4 nitrogen and oxygen atoms in total. The van der Waals surface area contributed by atoms with Gasteiger partial charge in [-0.2, -0.15) is 13.2 Å². The Balaban J connectivity index is 1.87. The van der Waals surface area contributed by atoms with E-state index in [1.54, 1.807) is 12.1 Å². The van der Waals surface area contributed by atoms with Crippen LogP contribution in [-0.2, 0) is 11.0 Å². The number of aliphatic hydroxyl groups is 1. The van der Waals surface area contributed by atoms with Gasteiger partial charge in [0.1, 0.15) is 5.76 Å². The van der Waals surface area contributed by atoms with Gasteiger partial charge in [-0.15, -0.1) is 0 Å². The lowest BCUT2D eigenvalue weighted by Crippen LogP contribution is -2.26. The molecule has 1 aromatic heterocycles. The quantitative estimate of drug-likeness (QED) is 0.830. The Morgan fingerprint density at radius 3 is 2.52 bits per heavy atom. The number of halogens is 3. The summed E-state index contributed by atoms with van der Waals surface area (Å²) in [5.74, 6) is 0.0517. The van der Waals surface area contributed by atoms with E-state index < -0.39 is 23.8 Å². The van der Waals surface area contributed by atoms with Gasteiger partial charge >= 0.3 is 6.18 Å². The zero-order valence-corrected chi connectivity index (χ0v) is 11.9. The van der Waals surface area contributed by atoms with Gasteiger partial charge in [-0.3, -0.25) is 4.79 Å². The van der Waals surface area contributed by atoms with Crippen LogP contribution in [0, 0.1) is 0 Å². The number of hydrogen-bond donors (Lipinski definition) is 2. The summed E-state index contributed by atoms with van der Waals surface area (Å²) in [7, 11) is 0. The Hall–Kier alpha value is -2.54. The SMILES string of the molecule is O=C(/C=C/c1ccco1)NCC(O)c1ccc(C(F)(F)F)cc1. The number of rotatable bonds is 5. The molecule has 0 saturated heterocycles. The van der Waals surface area contributed by atoms with E-state index in [-0.39, 0.29) is 12.1 Å². The smallest absolute Gasteiger partial charge is 0.416 e. The zero-order chi connectivity index (χ0) is 16.9. The van der Waals surface area contributed by atoms with Crippen LogP contribution in [0.3, 0.4) is 0 Å². The van der Waals surface area contributed by atoms with E-state index in [0.717, 1.165) is 12.1 Å². The fraction of sp³-hybridized carbons (Fsp3) is 0.188. The number of aliphatic hydroxyl groups excluding tert-OH is 1. The second-order valence-electron chi connectivity index (χ2n) is 4.73. The summed E-state index contributed by atoms with van der Waals surface area (Å²) < 4.78 is 42.3. The van der Waals surface area contributed by atoms with Crippen molar-refractivity contribution in [2.45, 2.75) is 12.3 Å². The third-order valence-corrected chi connectivity index (χ3v) is 3.03. The highest BCUT2D eigenvalue weighted by molar-refractivity contribution is 5.91. The lowest BCUT2D eigenvalue weighted by atomic mass is 10.1. The predicted molar refractivity (Wildman–Crippen MR) is 77.2 cm³/mol. The average molecular weight is 325 g/mol. The normalized spacial score (nSPS) is 13.2. The first-order valence-electron chi connectivity index (χ1n) is 6.71. The highest BCUT2D eigenvalue weighted by atomic mass is 19.4. The highest BCUT2D eigenvalue weighted by Gasteiger charge is 2.30. The number of carbonyl (C=O) groups excluding carboxylic acids is 1. The Morgan fingerprint density at radius 2 is 1.96 bits per heavy atom. The maximum Gasteiger partial charge on any atom is 0.416 e. The Kier molecular flexibility index (Phi) is 5.23. The summed E-state index contributed by atoms with van der Waals surface area (Å²) in [4.78, 5) is 11.6. The van der Waals surface area contributed by atoms with E-state index in [9.17, 15) is 23.1 Å². The van der Waals surface area contributed by atoms with Crippen LogP contribution in [0.5, 0.6) is 0 Å². The van der Waals surface area contributed by atoms with Crippen LogP contribution < -0.4 is 5.32 Å². The van der Waals surface area contributed by atoms with E-state index in [0.29, 0.717) is 5.76 Å². The third kappa shape index (κ3) is 5.00. The number of furan rings is 1. The van der Waals surface area contributed by atoms with Crippen molar-refractivity contribution in [3.63, 3.8) is 0 Å². The molecule has 23 heavy (non-hydrogen) atoms. The van der Waals surface area contributed by atoms with Gasteiger partial charge in [-0.05, 0) is 35.9 Å². The minimum absolute atomic E-state index is 0.118. The standard InChI is InChI=1S/C16H14F3NO3/c17-16(18,19)12-5-3-11(4-6-12)14(21)10-20-15(22)8-7-13-2-1-9-23-13/h1-9,14,21H,10H2,(H,20,22)/b8-7+. The van der Waals surface area contributed by atoms with Gasteiger partial charge in [0.05, 0.1) is 17.9 Å². The molecule has 2 N–H and O–H groups in total. The first-order valence-corrected chi connectivity index (χ1v) is 6.71. The van der Waals surface area contributed by atoms with Crippen molar-refractivity contribution in [2.75, 3.05) is 6.54 Å². The van der Waals surface area contributed by atoms with Crippen LogP contribution in [-0.4, -0.2) is 17.6 Å². The van der Waals surface area contributed by atoms with Gasteiger partial charge in [0.25, 0.3) is 0 Å². The molecule has 122 valence electrons. The van der Waals surface area contributed by atoms with Crippen molar-refractivity contribution < 1.29 is 27.5 Å². The second-order valence-corrected chi connectivity index (χ2v) is 4.73. The summed E-state index contributed by atoms with van der Waals surface area (Å²) in [5, 5.41) is 12.3. The summed E-state index contributed by atoms with van der Waals surface area (Å²) in [5.41, 5.74) is -0.507. The predicted octanol–water partition coefficient (Wildman–Crippen LogP) is 3.16. The van der Waals surface area contributed by atoms with Crippen molar-refractivity contribution in [2.24, 2.45) is 0 Å². The van der Waals surface area contributed by atoms with Crippen LogP contribution >= 0.6 is 0 Å². The molecule has 0 aliphatic rings. The molecule has 0 saturated carbocycles. The van der Waals surface area contributed by atoms with Gasteiger partial charge in [0, 0.05) is 12.6 Å². The number of hydrogen-bond acceptors (Lipinski definition) is 3. The number of nitrogens with one attached hydrogen (secondary N) is 1. The van der Waals surface area contributed by atoms with Crippen LogP contribution in [0.1, 0.15) is 23.0 Å². The number of alkyl halides is 3. The van der Waals surface area contributed by atoms with Crippen molar-refractivity contribution in [1.29, 1.82) is 0 Å². The summed E-state index contributed by atoms with van der Waals surface area (Å²) >= 11 is 0. The highest BCUT2D eigenvalue weighted by Crippen LogP contribution is 2.29. The zero-order valence-electron chi connectivity index (χ0n) is 11.9. The minimum atomic E-state index is -4.42. The third-order valence-electron chi connectivity index (χ3n) is 3.03. The molecule has 0 aliphatic carbocycles. The van der Waals surface area contributed by atoms with Crippen LogP contribution in [0.4, 0.5) is 13.2 Å². The summed E-state index contributed by atoms with van der Waals surface area (Å²) in [6.07, 6.45) is -1.36. The largest absolute Gasteiger partial charge is 0.465 e. The molecule has 1 heterocycles. The summed E-state index contributed by atoms with van der Waals surface area (Å²) in [6, 6.07) is 7.47. The van der Waals surface area contributed by atoms with Crippen molar-refractivity contribution in [3.8, 4) is 0 Å². The van der Waals surface area contributed by atoms with E-state index in [2.05, 4.69) is 5.32 Å². The van der Waals surface area contributed by atoms with Gasteiger partial charge in [-0.1, -0.05) is 12.1 Å². The lowest BCUT2D eigenvalue weighted by molar-refractivity contribution is -0.137.